The van der Waals surface area contributed by atoms with E-state index in [0.717, 1.165) is 6.07 Å². The van der Waals surface area contributed by atoms with Gasteiger partial charge in [-0.25, -0.2) is 4.39 Å². The zero-order chi connectivity index (χ0) is 15.3. The fourth-order valence-electron chi connectivity index (χ4n) is 1.70. The largest absolute Gasteiger partial charge is 0.419 e. The number of halogens is 4. The van der Waals surface area contributed by atoms with Crippen molar-refractivity contribution in [3.63, 3.8) is 0 Å². The number of benzene rings is 1. The number of rotatable bonds is 6. The molecule has 0 saturated carbocycles. The van der Waals surface area contributed by atoms with Crippen molar-refractivity contribution in [1.29, 1.82) is 0 Å². The monoisotopic (exact) mass is 291 g/mol. The summed E-state index contributed by atoms with van der Waals surface area (Å²) < 4.78 is 50.7. The molecule has 1 aromatic carbocycles. The van der Waals surface area contributed by atoms with E-state index in [1.54, 1.807) is 0 Å². The van der Waals surface area contributed by atoms with Crippen LogP contribution < -0.4 is 5.32 Å². The van der Waals surface area contributed by atoms with Crippen molar-refractivity contribution in [3.05, 3.63) is 35.1 Å². The molecule has 0 saturated heterocycles. The lowest BCUT2D eigenvalue weighted by Gasteiger charge is -2.10. The number of hydrogen-bond donors (Lipinski definition) is 1. The first kappa shape index (κ1) is 16.6. The molecule has 0 fully saturated rings. The summed E-state index contributed by atoms with van der Waals surface area (Å²) in [7, 11) is 0. The summed E-state index contributed by atoms with van der Waals surface area (Å²) in [5.41, 5.74) is -1.51. The Hall–Kier alpha value is -1.43. The number of carbonyl (C=O) groups is 1. The van der Waals surface area contributed by atoms with Gasteiger partial charge in [-0.2, -0.15) is 13.2 Å². The number of hydrogen-bond acceptors (Lipinski definition) is 2. The SMILES string of the molecule is CC(C)NCCCC(=O)c1ccc(F)c(C(F)(F)F)c1. The maximum Gasteiger partial charge on any atom is 0.419 e. The Kier molecular flexibility index (Phi) is 5.68. The first-order chi connectivity index (χ1) is 9.21. The summed E-state index contributed by atoms with van der Waals surface area (Å²) in [6.45, 7) is 4.52. The number of Topliss-reactive ketones (excluding diaryl/α,β-unsaturated/α-hetero) is 1. The van der Waals surface area contributed by atoms with Gasteiger partial charge in [-0.3, -0.25) is 4.79 Å². The molecule has 6 heteroatoms. The molecule has 0 atom stereocenters. The van der Waals surface area contributed by atoms with E-state index in [1.165, 1.54) is 0 Å². The number of carbonyl (C=O) groups excluding carboxylic acids is 1. The summed E-state index contributed by atoms with van der Waals surface area (Å²) in [6.07, 6.45) is -4.14. The minimum atomic E-state index is -4.79. The van der Waals surface area contributed by atoms with Gasteiger partial charge >= 0.3 is 6.18 Å². The minimum absolute atomic E-state index is 0.108. The smallest absolute Gasteiger partial charge is 0.315 e. The first-order valence-corrected chi connectivity index (χ1v) is 6.35. The lowest BCUT2D eigenvalue weighted by molar-refractivity contribution is -0.140. The Morgan fingerprint density at radius 1 is 1.30 bits per heavy atom. The van der Waals surface area contributed by atoms with Gasteiger partial charge in [0.1, 0.15) is 5.82 Å². The van der Waals surface area contributed by atoms with Gasteiger partial charge in [-0.1, -0.05) is 13.8 Å². The molecule has 0 aliphatic rings. The number of ketones is 1. The second-order valence-corrected chi connectivity index (χ2v) is 4.83. The second kappa shape index (κ2) is 6.83. The average Bonchev–Trinajstić information content (AvgIpc) is 2.33. The van der Waals surface area contributed by atoms with Crippen LogP contribution in [0.1, 0.15) is 42.6 Å². The van der Waals surface area contributed by atoms with Crippen LogP contribution in [-0.2, 0) is 6.18 Å². The molecule has 0 aliphatic carbocycles. The maximum atomic E-state index is 13.1. The molecule has 0 aliphatic heterocycles. The molecule has 0 heterocycles. The van der Waals surface area contributed by atoms with E-state index in [2.05, 4.69) is 5.32 Å². The Bertz CT molecular complexity index is 469. The maximum absolute atomic E-state index is 13.1. The minimum Gasteiger partial charge on any atom is -0.315 e. The van der Waals surface area contributed by atoms with Crippen LogP contribution in [0, 0.1) is 5.82 Å². The predicted octanol–water partition coefficient (Wildman–Crippen LogP) is 3.81. The van der Waals surface area contributed by atoms with Crippen LogP contribution in [0.3, 0.4) is 0 Å². The quantitative estimate of drug-likeness (QED) is 0.490. The van der Waals surface area contributed by atoms with E-state index in [9.17, 15) is 22.4 Å². The van der Waals surface area contributed by atoms with Crippen molar-refractivity contribution in [2.75, 3.05) is 6.54 Å². The molecule has 112 valence electrons. The molecular formula is C14H17F4NO. The molecule has 0 amide bonds. The van der Waals surface area contributed by atoms with Crippen molar-refractivity contribution >= 4 is 5.78 Å². The zero-order valence-electron chi connectivity index (χ0n) is 11.4. The highest BCUT2D eigenvalue weighted by Crippen LogP contribution is 2.32. The third-order valence-electron chi connectivity index (χ3n) is 2.73. The normalized spacial score (nSPS) is 11.9. The van der Waals surface area contributed by atoms with Crippen molar-refractivity contribution < 1.29 is 22.4 Å². The molecule has 0 radical (unpaired) electrons. The molecule has 20 heavy (non-hydrogen) atoms. The molecule has 1 rings (SSSR count). The van der Waals surface area contributed by atoms with Gasteiger partial charge in [0.15, 0.2) is 5.78 Å². The van der Waals surface area contributed by atoms with Gasteiger partial charge in [0.25, 0.3) is 0 Å². The molecule has 2 nitrogen and oxygen atoms in total. The van der Waals surface area contributed by atoms with Crippen LogP contribution in [0.15, 0.2) is 18.2 Å². The Morgan fingerprint density at radius 3 is 2.50 bits per heavy atom. The summed E-state index contributed by atoms with van der Waals surface area (Å²) in [4.78, 5) is 11.8. The second-order valence-electron chi connectivity index (χ2n) is 4.83. The summed E-state index contributed by atoms with van der Waals surface area (Å²) in [5.74, 6) is -1.78. The Morgan fingerprint density at radius 2 is 1.95 bits per heavy atom. The van der Waals surface area contributed by atoms with Crippen LogP contribution in [-0.4, -0.2) is 18.4 Å². The summed E-state index contributed by atoms with van der Waals surface area (Å²) in [6, 6.07) is 2.63. The molecule has 0 unspecified atom stereocenters. The van der Waals surface area contributed by atoms with E-state index >= 15 is 0 Å². The third kappa shape index (κ3) is 4.92. The summed E-state index contributed by atoms with van der Waals surface area (Å²) >= 11 is 0. The lowest BCUT2D eigenvalue weighted by atomic mass is 10.0. The molecule has 1 N–H and O–H groups in total. The van der Waals surface area contributed by atoms with Crippen molar-refractivity contribution in [1.82, 2.24) is 5.32 Å². The number of alkyl halides is 3. The Labute approximate surface area is 115 Å². The van der Waals surface area contributed by atoms with Crippen molar-refractivity contribution in [2.45, 2.75) is 38.9 Å². The highest BCUT2D eigenvalue weighted by atomic mass is 19.4. The van der Waals surface area contributed by atoms with E-state index in [0.29, 0.717) is 25.1 Å². The van der Waals surface area contributed by atoms with Gasteiger partial charge in [0, 0.05) is 18.0 Å². The number of nitrogens with one attached hydrogen (secondary N) is 1. The molecule has 0 bridgehead atoms. The first-order valence-electron chi connectivity index (χ1n) is 6.35. The highest BCUT2D eigenvalue weighted by molar-refractivity contribution is 5.96. The van der Waals surface area contributed by atoms with Gasteiger partial charge < -0.3 is 5.32 Å². The van der Waals surface area contributed by atoms with Crippen LogP contribution in [0.25, 0.3) is 0 Å². The van der Waals surface area contributed by atoms with E-state index in [-0.39, 0.29) is 18.0 Å². The van der Waals surface area contributed by atoms with Crippen molar-refractivity contribution in [3.8, 4) is 0 Å². The fraction of sp³-hybridized carbons (Fsp3) is 0.500. The van der Waals surface area contributed by atoms with Crippen LogP contribution in [0.5, 0.6) is 0 Å². The van der Waals surface area contributed by atoms with E-state index in [4.69, 9.17) is 0 Å². The van der Waals surface area contributed by atoms with E-state index < -0.39 is 23.3 Å². The van der Waals surface area contributed by atoms with Gasteiger partial charge in [-0.15, -0.1) is 0 Å². The third-order valence-corrected chi connectivity index (χ3v) is 2.73. The average molecular weight is 291 g/mol. The molecule has 1 aromatic rings. The van der Waals surface area contributed by atoms with Gasteiger partial charge in [0.05, 0.1) is 5.56 Å². The van der Waals surface area contributed by atoms with Crippen LogP contribution in [0.4, 0.5) is 17.6 Å². The fourth-order valence-corrected chi connectivity index (χ4v) is 1.70. The molecule has 0 aromatic heterocycles. The van der Waals surface area contributed by atoms with Crippen LogP contribution in [0.2, 0.25) is 0 Å². The standard InChI is InChI=1S/C14H17F4NO/c1-9(2)19-7-3-4-13(20)10-5-6-12(15)11(8-10)14(16,17)18/h5-6,8-9,19H,3-4,7H2,1-2H3. The van der Waals surface area contributed by atoms with Gasteiger partial charge in [0.2, 0.25) is 0 Å². The van der Waals surface area contributed by atoms with E-state index in [1.807, 2.05) is 13.8 Å². The van der Waals surface area contributed by atoms with Gasteiger partial charge in [-0.05, 0) is 31.2 Å². The molecule has 0 spiro atoms. The topological polar surface area (TPSA) is 29.1 Å². The zero-order valence-corrected chi connectivity index (χ0v) is 11.4. The molecular weight excluding hydrogens is 274 g/mol. The predicted molar refractivity (Wildman–Crippen MR) is 68.1 cm³/mol. The van der Waals surface area contributed by atoms with Crippen LogP contribution >= 0.6 is 0 Å². The highest BCUT2D eigenvalue weighted by Gasteiger charge is 2.34. The van der Waals surface area contributed by atoms with Crippen molar-refractivity contribution in [2.24, 2.45) is 0 Å². The lowest BCUT2D eigenvalue weighted by Crippen LogP contribution is -2.24. The summed E-state index contributed by atoms with van der Waals surface area (Å²) in [5, 5.41) is 3.10. The Balaban J connectivity index is 2.70.